The Morgan fingerprint density at radius 2 is 1.81 bits per heavy atom. The highest BCUT2D eigenvalue weighted by Crippen LogP contribution is 2.13. The fourth-order valence-electron chi connectivity index (χ4n) is 1.05. The quantitative estimate of drug-likeness (QED) is 0.769. The minimum atomic E-state index is -0.895. The van der Waals surface area contributed by atoms with Crippen LogP contribution in [0.1, 0.15) is 10.4 Å². The van der Waals surface area contributed by atoms with Gasteiger partial charge in [-0.05, 0) is 24.3 Å². The lowest BCUT2D eigenvalue weighted by atomic mass is 10.2. The van der Waals surface area contributed by atoms with E-state index in [1.54, 1.807) is 0 Å². The van der Waals surface area contributed by atoms with Crippen molar-refractivity contribution in [1.29, 1.82) is 0 Å². The zero-order chi connectivity index (χ0) is 12.1. The Kier molecular flexibility index (Phi) is 3.84. The van der Waals surface area contributed by atoms with Crippen LogP contribution in [-0.2, 0) is 4.84 Å². The maximum Gasteiger partial charge on any atom is 0.409 e. The lowest BCUT2D eigenvalue weighted by Crippen LogP contribution is -2.25. The molecule has 2 amide bonds. The van der Waals surface area contributed by atoms with Crippen LogP contribution in [0.4, 0.5) is 4.79 Å². The largest absolute Gasteiger partial charge is 0.411 e. The van der Waals surface area contributed by atoms with Gasteiger partial charge in [-0.15, -0.1) is 0 Å². The van der Waals surface area contributed by atoms with E-state index in [0.29, 0.717) is 5.56 Å². The molecule has 0 saturated carbocycles. The van der Waals surface area contributed by atoms with Gasteiger partial charge in [0, 0.05) is 12.6 Å². The number of benzene rings is 1. The molecule has 1 rings (SSSR count). The van der Waals surface area contributed by atoms with Crippen molar-refractivity contribution >= 4 is 12.0 Å². The molecule has 1 aromatic rings. The molecule has 2 N–H and O–H groups in total. The van der Waals surface area contributed by atoms with E-state index in [9.17, 15) is 9.59 Å². The van der Waals surface area contributed by atoms with Crippen LogP contribution in [0.25, 0.3) is 0 Å². The van der Waals surface area contributed by atoms with E-state index in [4.69, 9.17) is 10.6 Å². The first kappa shape index (κ1) is 12.0. The summed E-state index contributed by atoms with van der Waals surface area (Å²) in [5.74, 6) is -0.0164. The Morgan fingerprint density at radius 1 is 1.25 bits per heavy atom. The normalized spacial score (nSPS) is 9.62. The van der Waals surface area contributed by atoms with Crippen molar-refractivity contribution in [2.45, 2.75) is 0 Å². The topological polar surface area (TPSA) is 81.9 Å². The summed E-state index contributed by atoms with van der Waals surface area (Å²) in [4.78, 5) is 26.8. The lowest BCUT2D eigenvalue weighted by molar-refractivity contribution is -0.0756. The first-order valence-electron chi connectivity index (χ1n) is 4.44. The minimum Gasteiger partial charge on any atom is -0.411 e. The third-order valence-electron chi connectivity index (χ3n) is 1.88. The molecule has 6 nitrogen and oxygen atoms in total. The van der Waals surface area contributed by atoms with E-state index in [1.165, 1.54) is 38.4 Å². The van der Waals surface area contributed by atoms with Gasteiger partial charge in [0.25, 0.3) is 5.91 Å². The van der Waals surface area contributed by atoms with Crippen LogP contribution in [0.2, 0.25) is 0 Å². The van der Waals surface area contributed by atoms with Crippen molar-refractivity contribution in [3.8, 4) is 5.75 Å². The number of carbonyl (C=O) groups excluding carboxylic acids is 2. The maximum atomic E-state index is 11.6. The molecule has 0 aliphatic carbocycles. The number of ether oxygens (including phenoxy) is 1. The Balaban J connectivity index is 2.78. The predicted octanol–water partition coefficient (Wildman–Crippen LogP) is 0.778. The number of nitrogens with zero attached hydrogens (tertiary/aromatic N) is 1. The number of nitrogens with two attached hydrogens (primary N) is 1. The third-order valence-corrected chi connectivity index (χ3v) is 1.88. The molecule has 0 aliphatic rings. The highest BCUT2D eigenvalue weighted by molar-refractivity contribution is 5.93. The molecular formula is C10H12N2O4. The molecule has 0 bridgehead atoms. The zero-order valence-corrected chi connectivity index (χ0v) is 8.97. The summed E-state index contributed by atoms with van der Waals surface area (Å²) in [7, 11) is 2.89. The van der Waals surface area contributed by atoms with Crippen LogP contribution < -0.4 is 10.5 Å². The first-order chi connectivity index (χ1) is 7.54. The molecule has 16 heavy (non-hydrogen) atoms. The number of hydroxylamine groups is 2. The number of primary amides is 1. The SMILES string of the molecule is CON(C)C(=O)c1ccc(OC(N)=O)cc1. The fourth-order valence-corrected chi connectivity index (χ4v) is 1.05. The average Bonchev–Trinajstić information content (AvgIpc) is 2.27. The Hall–Kier alpha value is -2.08. The summed E-state index contributed by atoms with van der Waals surface area (Å²) < 4.78 is 4.62. The maximum absolute atomic E-state index is 11.6. The molecule has 0 heterocycles. The number of rotatable bonds is 3. The summed E-state index contributed by atoms with van der Waals surface area (Å²) >= 11 is 0. The monoisotopic (exact) mass is 224 g/mol. The van der Waals surface area contributed by atoms with Gasteiger partial charge in [0.1, 0.15) is 5.75 Å². The Morgan fingerprint density at radius 3 is 2.25 bits per heavy atom. The van der Waals surface area contributed by atoms with Gasteiger partial charge in [-0.2, -0.15) is 0 Å². The summed E-state index contributed by atoms with van der Waals surface area (Å²) in [5.41, 5.74) is 5.25. The van der Waals surface area contributed by atoms with Gasteiger partial charge in [-0.25, -0.2) is 9.86 Å². The van der Waals surface area contributed by atoms with Crippen LogP contribution in [-0.4, -0.2) is 31.2 Å². The van der Waals surface area contributed by atoms with Gasteiger partial charge >= 0.3 is 6.09 Å². The smallest absolute Gasteiger partial charge is 0.409 e. The van der Waals surface area contributed by atoms with E-state index in [-0.39, 0.29) is 11.7 Å². The zero-order valence-electron chi connectivity index (χ0n) is 8.97. The molecule has 0 radical (unpaired) electrons. The molecule has 6 heteroatoms. The standard InChI is InChI=1S/C10H12N2O4/c1-12(15-2)9(13)7-3-5-8(6-4-7)16-10(11)14/h3-6H,1-2H3,(H2,11,14). The second-order valence-electron chi connectivity index (χ2n) is 2.93. The van der Waals surface area contributed by atoms with Gasteiger partial charge in [0.15, 0.2) is 0 Å². The highest BCUT2D eigenvalue weighted by Gasteiger charge is 2.11. The summed E-state index contributed by atoms with van der Waals surface area (Å²) in [6, 6.07) is 5.97. The molecule has 0 fully saturated rings. The molecule has 0 aromatic heterocycles. The van der Waals surface area contributed by atoms with Gasteiger partial charge in [-0.3, -0.25) is 9.63 Å². The second kappa shape index (κ2) is 5.13. The Labute approximate surface area is 92.5 Å². The van der Waals surface area contributed by atoms with E-state index < -0.39 is 6.09 Å². The second-order valence-corrected chi connectivity index (χ2v) is 2.93. The van der Waals surface area contributed by atoms with Gasteiger partial charge in [0.05, 0.1) is 7.11 Å². The number of hydrogen-bond acceptors (Lipinski definition) is 4. The van der Waals surface area contributed by atoms with Crippen molar-refractivity contribution in [2.24, 2.45) is 5.73 Å². The van der Waals surface area contributed by atoms with Crippen LogP contribution in [0.15, 0.2) is 24.3 Å². The summed E-state index contributed by atoms with van der Waals surface area (Å²) in [5, 5.41) is 1.09. The van der Waals surface area contributed by atoms with Crippen molar-refractivity contribution in [1.82, 2.24) is 5.06 Å². The van der Waals surface area contributed by atoms with Gasteiger partial charge < -0.3 is 10.5 Å². The molecule has 0 aliphatic heterocycles. The predicted molar refractivity (Wildman–Crippen MR) is 55.8 cm³/mol. The highest BCUT2D eigenvalue weighted by atomic mass is 16.7. The third kappa shape index (κ3) is 2.96. The number of carbonyl (C=O) groups is 2. The average molecular weight is 224 g/mol. The fraction of sp³-hybridized carbons (Fsp3) is 0.200. The van der Waals surface area contributed by atoms with Crippen molar-refractivity contribution in [3.05, 3.63) is 29.8 Å². The van der Waals surface area contributed by atoms with Crippen molar-refractivity contribution in [2.75, 3.05) is 14.2 Å². The minimum absolute atomic E-state index is 0.282. The number of hydrogen-bond donors (Lipinski definition) is 1. The van der Waals surface area contributed by atoms with Gasteiger partial charge in [0.2, 0.25) is 0 Å². The summed E-state index contributed by atoms with van der Waals surface area (Å²) in [6.07, 6.45) is -0.895. The molecule has 0 saturated heterocycles. The molecule has 0 unspecified atom stereocenters. The molecule has 0 atom stereocenters. The van der Waals surface area contributed by atoms with E-state index >= 15 is 0 Å². The molecule has 0 spiro atoms. The lowest BCUT2D eigenvalue weighted by Gasteiger charge is -2.13. The van der Waals surface area contributed by atoms with Crippen LogP contribution in [0.5, 0.6) is 5.75 Å². The van der Waals surface area contributed by atoms with E-state index in [2.05, 4.69) is 4.74 Å². The van der Waals surface area contributed by atoms with Crippen LogP contribution in [0.3, 0.4) is 0 Å². The summed E-state index contributed by atoms with van der Waals surface area (Å²) in [6.45, 7) is 0. The molecule has 1 aromatic carbocycles. The van der Waals surface area contributed by atoms with Gasteiger partial charge in [-0.1, -0.05) is 0 Å². The number of amides is 2. The Bertz CT molecular complexity index is 388. The van der Waals surface area contributed by atoms with E-state index in [1.807, 2.05) is 0 Å². The molecule has 86 valence electrons. The van der Waals surface area contributed by atoms with Crippen molar-refractivity contribution in [3.63, 3.8) is 0 Å². The van der Waals surface area contributed by atoms with Crippen LogP contribution in [0, 0.1) is 0 Å². The first-order valence-corrected chi connectivity index (χ1v) is 4.44. The van der Waals surface area contributed by atoms with Crippen molar-refractivity contribution < 1.29 is 19.2 Å². The van der Waals surface area contributed by atoms with Crippen LogP contribution >= 0.6 is 0 Å². The van der Waals surface area contributed by atoms with E-state index in [0.717, 1.165) is 5.06 Å². The molecular weight excluding hydrogens is 212 g/mol.